The number of aliphatic hydroxyl groups is 1. The summed E-state index contributed by atoms with van der Waals surface area (Å²) in [5.41, 5.74) is 2.45. The Balaban J connectivity index is 1.62. The molecule has 1 heterocycles. The molecule has 2 aromatic carbocycles. The molecular formula is C22H23BFN3O5. The smallest absolute Gasteiger partial charge is 0.254 e. The fourth-order valence-electron chi connectivity index (χ4n) is 3.50. The molecule has 0 atom stereocenters. The standard InChI is InChI=1S/C22H23BFN3O5/c23-22(31)26-20(29)5-2-8-27-13-17-16(21(27)30)3-1-4-19(17)25-12-14-11-15(32-10-9-28)6-7-18(14)24/h1,3-4,6-7,11,25,28H,2,5,8-10,12-13H2,(H,26,29,31). The van der Waals surface area contributed by atoms with Gasteiger partial charge < -0.3 is 25.4 Å². The lowest BCUT2D eigenvalue weighted by molar-refractivity contribution is -0.120. The normalized spacial score (nSPS) is 12.4. The number of imide groups is 1. The lowest BCUT2D eigenvalue weighted by atomic mass is 10.1. The van der Waals surface area contributed by atoms with Crippen LogP contribution in [-0.2, 0) is 17.9 Å². The summed E-state index contributed by atoms with van der Waals surface area (Å²) < 4.78 is 19.5. The van der Waals surface area contributed by atoms with Crippen molar-refractivity contribution in [1.29, 1.82) is 0 Å². The molecule has 3 N–H and O–H groups in total. The van der Waals surface area contributed by atoms with E-state index in [-0.39, 0.29) is 32.1 Å². The minimum atomic E-state index is -0.905. The molecule has 0 saturated carbocycles. The van der Waals surface area contributed by atoms with Crippen molar-refractivity contribution < 1.29 is 28.6 Å². The van der Waals surface area contributed by atoms with E-state index in [0.717, 1.165) is 5.56 Å². The molecule has 0 bridgehead atoms. The molecule has 0 saturated heterocycles. The summed E-state index contributed by atoms with van der Waals surface area (Å²) in [4.78, 5) is 36.6. The van der Waals surface area contributed by atoms with Crippen LogP contribution in [-0.4, -0.2) is 55.2 Å². The highest BCUT2D eigenvalue weighted by Crippen LogP contribution is 2.30. The van der Waals surface area contributed by atoms with Gasteiger partial charge in [0.15, 0.2) is 5.81 Å². The van der Waals surface area contributed by atoms with Gasteiger partial charge in [-0.05, 0) is 36.8 Å². The van der Waals surface area contributed by atoms with Gasteiger partial charge in [0.05, 0.1) is 6.61 Å². The van der Waals surface area contributed by atoms with E-state index in [1.54, 1.807) is 23.1 Å². The van der Waals surface area contributed by atoms with Crippen LogP contribution in [0.15, 0.2) is 36.4 Å². The Morgan fingerprint density at radius 2 is 2.06 bits per heavy atom. The number of aliphatic hydroxyl groups excluding tert-OH is 1. The zero-order valence-corrected chi connectivity index (χ0v) is 17.4. The van der Waals surface area contributed by atoms with Gasteiger partial charge in [-0.3, -0.25) is 14.4 Å². The Hall–Kier alpha value is -3.40. The molecule has 3 amide bonds. The number of benzene rings is 2. The van der Waals surface area contributed by atoms with Gasteiger partial charge in [0.2, 0.25) is 13.8 Å². The van der Waals surface area contributed by atoms with Gasteiger partial charge in [-0.1, -0.05) is 6.07 Å². The molecule has 2 radical (unpaired) electrons. The van der Waals surface area contributed by atoms with Gasteiger partial charge in [0.25, 0.3) is 5.91 Å². The van der Waals surface area contributed by atoms with Gasteiger partial charge in [0.1, 0.15) is 18.2 Å². The summed E-state index contributed by atoms with van der Waals surface area (Å²) in [6, 6.07) is 9.66. The monoisotopic (exact) mass is 439 g/mol. The van der Waals surface area contributed by atoms with Crippen molar-refractivity contribution in [2.75, 3.05) is 25.1 Å². The number of rotatable bonds is 10. The molecule has 3 rings (SSSR count). The number of fused-ring (bicyclic) bond motifs is 1. The Bertz CT molecular complexity index is 1020. The largest absolute Gasteiger partial charge is 0.491 e. The van der Waals surface area contributed by atoms with Crippen LogP contribution in [0.4, 0.5) is 14.9 Å². The molecule has 0 aromatic heterocycles. The number of ether oxygens (including phenoxy) is 1. The summed E-state index contributed by atoms with van der Waals surface area (Å²) in [5, 5.41) is 14.0. The topological polar surface area (TPSA) is 108 Å². The summed E-state index contributed by atoms with van der Waals surface area (Å²) in [6.45, 7) is 0.864. The highest BCUT2D eigenvalue weighted by Gasteiger charge is 2.29. The van der Waals surface area contributed by atoms with Gasteiger partial charge >= 0.3 is 0 Å². The first-order chi connectivity index (χ1) is 15.4. The molecule has 0 aliphatic carbocycles. The van der Waals surface area contributed by atoms with E-state index >= 15 is 0 Å². The van der Waals surface area contributed by atoms with Crippen molar-refractivity contribution in [3.8, 4) is 5.75 Å². The predicted octanol–water partition coefficient (Wildman–Crippen LogP) is 1.95. The van der Waals surface area contributed by atoms with Crippen LogP contribution >= 0.6 is 0 Å². The average molecular weight is 439 g/mol. The number of halogens is 1. The summed E-state index contributed by atoms with van der Waals surface area (Å²) in [5.74, 6) is -1.48. The van der Waals surface area contributed by atoms with Crippen molar-refractivity contribution in [3.05, 3.63) is 58.9 Å². The highest BCUT2D eigenvalue weighted by atomic mass is 19.1. The van der Waals surface area contributed by atoms with Crippen LogP contribution < -0.4 is 15.4 Å². The van der Waals surface area contributed by atoms with Crippen LogP contribution in [0.2, 0.25) is 0 Å². The molecule has 2 aromatic rings. The van der Waals surface area contributed by atoms with E-state index in [1.165, 1.54) is 12.1 Å². The predicted molar refractivity (Wildman–Crippen MR) is 116 cm³/mol. The Morgan fingerprint density at radius 3 is 2.81 bits per heavy atom. The molecule has 8 nitrogen and oxygen atoms in total. The number of hydrogen-bond donors (Lipinski definition) is 3. The minimum absolute atomic E-state index is 0.0716. The van der Waals surface area contributed by atoms with Crippen molar-refractivity contribution in [2.24, 2.45) is 0 Å². The van der Waals surface area contributed by atoms with E-state index in [1.807, 2.05) is 11.4 Å². The highest BCUT2D eigenvalue weighted by molar-refractivity contribution is 6.58. The van der Waals surface area contributed by atoms with Gasteiger partial charge in [-0.25, -0.2) is 4.39 Å². The second-order valence-electron chi connectivity index (χ2n) is 7.25. The Kier molecular flexibility index (Phi) is 7.83. The number of nitrogens with zero attached hydrogens (tertiary/aromatic N) is 1. The fraction of sp³-hybridized carbons (Fsp3) is 0.318. The third kappa shape index (κ3) is 5.85. The first kappa shape index (κ1) is 23.3. The van der Waals surface area contributed by atoms with Crippen molar-refractivity contribution >= 4 is 31.2 Å². The first-order valence-corrected chi connectivity index (χ1v) is 10.2. The van der Waals surface area contributed by atoms with E-state index in [2.05, 4.69) is 5.32 Å². The number of carbonyl (C=O) groups is 3. The zero-order valence-electron chi connectivity index (χ0n) is 17.4. The average Bonchev–Trinajstić information content (AvgIpc) is 3.08. The maximum atomic E-state index is 14.2. The molecule has 0 spiro atoms. The summed E-state index contributed by atoms with van der Waals surface area (Å²) >= 11 is 0. The summed E-state index contributed by atoms with van der Waals surface area (Å²) in [7, 11) is 4.91. The van der Waals surface area contributed by atoms with Crippen LogP contribution in [0.3, 0.4) is 0 Å². The fourth-order valence-corrected chi connectivity index (χ4v) is 3.50. The van der Waals surface area contributed by atoms with Crippen LogP contribution in [0.5, 0.6) is 5.75 Å². The molecule has 1 aliphatic heterocycles. The molecule has 166 valence electrons. The first-order valence-electron chi connectivity index (χ1n) is 10.2. The zero-order chi connectivity index (χ0) is 23.1. The second-order valence-corrected chi connectivity index (χ2v) is 7.25. The third-order valence-corrected chi connectivity index (χ3v) is 4.98. The van der Waals surface area contributed by atoms with Crippen molar-refractivity contribution in [1.82, 2.24) is 10.2 Å². The van der Waals surface area contributed by atoms with Crippen LogP contribution in [0.25, 0.3) is 0 Å². The maximum Gasteiger partial charge on any atom is 0.254 e. The van der Waals surface area contributed by atoms with E-state index in [9.17, 15) is 18.8 Å². The van der Waals surface area contributed by atoms with Gasteiger partial charge in [-0.2, -0.15) is 0 Å². The molecule has 0 fully saturated rings. The SMILES string of the molecule is [B]C(=O)NC(=O)CCCN1Cc2c(NCc3cc(OCCO)ccc3F)cccc2C1=O. The number of anilines is 1. The number of nitrogens with one attached hydrogen (secondary N) is 2. The molecule has 0 unspecified atom stereocenters. The second kappa shape index (κ2) is 10.8. The molecule has 1 aliphatic rings. The van der Waals surface area contributed by atoms with Crippen LogP contribution in [0.1, 0.15) is 34.3 Å². The quantitative estimate of drug-likeness (QED) is 0.489. The summed E-state index contributed by atoms with van der Waals surface area (Å²) in [6.07, 6.45) is 0.454. The van der Waals surface area contributed by atoms with Gasteiger partial charge in [-0.15, -0.1) is 0 Å². The number of carbonyl (C=O) groups excluding carboxylic acids is 3. The Labute approximate surface area is 186 Å². The van der Waals surface area contributed by atoms with Gasteiger partial charge in [0, 0.05) is 48.4 Å². The number of hydrogen-bond acceptors (Lipinski definition) is 6. The third-order valence-electron chi connectivity index (χ3n) is 4.98. The van der Waals surface area contributed by atoms with Crippen molar-refractivity contribution in [2.45, 2.75) is 25.9 Å². The van der Waals surface area contributed by atoms with Crippen molar-refractivity contribution in [3.63, 3.8) is 0 Å². The van der Waals surface area contributed by atoms with E-state index in [0.29, 0.717) is 42.1 Å². The van der Waals surface area contributed by atoms with Crippen LogP contribution in [0, 0.1) is 5.82 Å². The van der Waals surface area contributed by atoms with E-state index in [4.69, 9.17) is 17.7 Å². The molecular weight excluding hydrogens is 416 g/mol. The minimum Gasteiger partial charge on any atom is -0.491 e. The van der Waals surface area contributed by atoms with E-state index < -0.39 is 17.5 Å². The lowest BCUT2D eigenvalue weighted by Crippen LogP contribution is -2.30. The number of amides is 3. The maximum absolute atomic E-state index is 14.2. The molecule has 32 heavy (non-hydrogen) atoms. The molecule has 10 heteroatoms. The Morgan fingerprint density at radius 1 is 1.25 bits per heavy atom. The lowest BCUT2D eigenvalue weighted by Gasteiger charge is -2.16.